The van der Waals surface area contributed by atoms with Crippen LogP contribution in [0.15, 0.2) is 176 Å². The van der Waals surface area contributed by atoms with Crippen LogP contribution in [0.1, 0.15) is 0 Å². The second-order valence-electron chi connectivity index (χ2n) is 12.5. The van der Waals surface area contributed by atoms with Gasteiger partial charge in [0.15, 0.2) is 0 Å². The molecule has 0 radical (unpaired) electrons. The van der Waals surface area contributed by atoms with E-state index in [1.165, 1.54) is 91.8 Å². The van der Waals surface area contributed by atoms with Gasteiger partial charge in [0.1, 0.15) is 0 Å². The van der Waals surface area contributed by atoms with Crippen LogP contribution in [0.5, 0.6) is 0 Å². The maximum atomic E-state index is 2.44. The molecule has 0 amide bonds. The fourth-order valence-electron chi connectivity index (χ4n) is 7.63. The Bertz CT molecular complexity index is 2830. The molecule has 0 aliphatic heterocycles. The zero-order valence-corrected chi connectivity index (χ0v) is 26.9. The first-order valence-electron chi connectivity index (χ1n) is 16.4. The van der Waals surface area contributed by atoms with Gasteiger partial charge in [-0.25, -0.2) is 0 Å². The standard InChI is InChI=1S/C46H29NS/c1-2-13-34-30(11-1)12-9-17-35(34)33-27-28-43-40(29-33)38-15-4-7-20-42(38)47(43)41-19-6-3-14-36(41)31-23-25-32(26-24-31)37-18-10-22-45-46(37)39-16-5-8-21-44(39)48-45/h1-29H. The smallest absolute Gasteiger partial charge is 0.0541 e. The summed E-state index contributed by atoms with van der Waals surface area (Å²) in [7, 11) is 0. The number of hydrogen-bond acceptors (Lipinski definition) is 1. The number of hydrogen-bond donors (Lipinski definition) is 0. The fourth-order valence-corrected chi connectivity index (χ4v) is 8.77. The second-order valence-corrected chi connectivity index (χ2v) is 13.6. The summed E-state index contributed by atoms with van der Waals surface area (Å²) in [6.07, 6.45) is 0. The molecule has 0 bridgehead atoms. The Balaban J connectivity index is 1.12. The van der Waals surface area contributed by atoms with E-state index in [4.69, 9.17) is 0 Å². The molecule has 0 aliphatic carbocycles. The zero-order chi connectivity index (χ0) is 31.6. The number of para-hydroxylation sites is 2. The number of thiophene rings is 1. The highest BCUT2D eigenvalue weighted by molar-refractivity contribution is 7.25. The third-order valence-corrected chi connectivity index (χ3v) is 11.0. The van der Waals surface area contributed by atoms with Gasteiger partial charge in [-0.1, -0.05) is 140 Å². The molecule has 48 heavy (non-hydrogen) atoms. The van der Waals surface area contributed by atoms with Crippen molar-refractivity contribution in [3.63, 3.8) is 0 Å². The van der Waals surface area contributed by atoms with Gasteiger partial charge in [-0.05, 0) is 75.0 Å². The highest BCUT2D eigenvalue weighted by Gasteiger charge is 2.17. The summed E-state index contributed by atoms with van der Waals surface area (Å²) < 4.78 is 5.11. The maximum Gasteiger partial charge on any atom is 0.0541 e. The molecule has 0 aliphatic rings. The normalized spacial score (nSPS) is 11.8. The SMILES string of the molecule is c1ccc(-n2c3ccccc3c3cc(-c4cccc5ccccc45)ccc32)c(-c2ccc(-c3cccc4sc5ccccc5c34)cc2)c1. The van der Waals surface area contributed by atoms with Crippen molar-refractivity contribution in [3.8, 4) is 39.1 Å². The Morgan fingerprint density at radius 3 is 1.83 bits per heavy atom. The molecule has 1 nitrogen and oxygen atoms in total. The first-order valence-corrected chi connectivity index (χ1v) is 17.3. The number of aromatic nitrogens is 1. The Morgan fingerprint density at radius 2 is 0.938 bits per heavy atom. The van der Waals surface area contributed by atoms with Crippen molar-refractivity contribution in [2.75, 3.05) is 0 Å². The average Bonchev–Trinajstić information content (AvgIpc) is 3.70. The van der Waals surface area contributed by atoms with E-state index in [0.717, 1.165) is 0 Å². The van der Waals surface area contributed by atoms with Gasteiger partial charge >= 0.3 is 0 Å². The van der Waals surface area contributed by atoms with E-state index in [1.807, 2.05) is 11.3 Å². The van der Waals surface area contributed by atoms with Gasteiger partial charge in [0.05, 0.1) is 16.7 Å². The van der Waals surface area contributed by atoms with E-state index in [0.29, 0.717) is 0 Å². The first-order chi connectivity index (χ1) is 23.8. The predicted molar refractivity (Wildman–Crippen MR) is 207 cm³/mol. The third kappa shape index (κ3) is 4.17. The summed E-state index contributed by atoms with van der Waals surface area (Å²) in [6, 6.07) is 64.4. The van der Waals surface area contributed by atoms with E-state index in [9.17, 15) is 0 Å². The number of nitrogens with zero attached hydrogens (tertiary/aromatic N) is 1. The molecule has 8 aromatic carbocycles. The van der Waals surface area contributed by atoms with Gasteiger partial charge in [-0.2, -0.15) is 0 Å². The quantitative estimate of drug-likeness (QED) is 0.183. The Morgan fingerprint density at radius 1 is 0.354 bits per heavy atom. The van der Waals surface area contributed by atoms with Gasteiger partial charge in [0, 0.05) is 36.5 Å². The summed E-state index contributed by atoms with van der Waals surface area (Å²) in [5.74, 6) is 0. The molecule has 10 aromatic rings. The molecule has 0 N–H and O–H groups in total. The van der Waals surface area contributed by atoms with E-state index < -0.39 is 0 Å². The summed E-state index contributed by atoms with van der Waals surface area (Å²) in [5, 5.41) is 7.74. The predicted octanol–water partition coefficient (Wildman–Crippen LogP) is 13.3. The minimum atomic E-state index is 1.18. The van der Waals surface area contributed by atoms with Crippen molar-refractivity contribution in [1.29, 1.82) is 0 Å². The summed E-state index contributed by atoms with van der Waals surface area (Å²) in [4.78, 5) is 0. The first kappa shape index (κ1) is 27.2. The van der Waals surface area contributed by atoms with Gasteiger partial charge in [-0.3, -0.25) is 0 Å². The van der Waals surface area contributed by atoms with Crippen LogP contribution in [0.2, 0.25) is 0 Å². The molecule has 2 heterocycles. The van der Waals surface area contributed by atoms with Crippen LogP contribution < -0.4 is 0 Å². The second kappa shape index (κ2) is 10.8. The van der Waals surface area contributed by atoms with Crippen LogP contribution in [0.4, 0.5) is 0 Å². The molecule has 0 atom stereocenters. The summed E-state index contributed by atoms with van der Waals surface area (Å²) in [5.41, 5.74) is 11.0. The zero-order valence-electron chi connectivity index (χ0n) is 26.1. The maximum absolute atomic E-state index is 2.44. The van der Waals surface area contributed by atoms with Gasteiger partial charge in [0.25, 0.3) is 0 Å². The minimum absolute atomic E-state index is 1.18. The van der Waals surface area contributed by atoms with Crippen molar-refractivity contribution in [2.24, 2.45) is 0 Å². The third-order valence-electron chi connectivity index (χ3n) is 9.83. The van der Waals surface area contributed by atoms with E-state index in [1.54, 1.807) is 0 Å². The largest absolute Gasteiger partial charge is 0.309 e. The Hall–Kier alpha value is -5.96. The summed E-state index contributed by atoms with van der Waals surface area (Å²) >= 11 is 1.87. The molecule has 2 heteroatoms. The molecule has 0 saturated carbocycles. The van der Waals surface area contributed by atoms with E-state index in [-0.39, 0.29) is 0 Å². The molecule has 224 valence electrons. The molecule has 2 aromatic heterocycles. The lowest BCUT2D eigenvalue weighted by molar-refractivity contribution is 1.18. The topological polar surface area (TPSA) is 4.93 Å². The minimum Gasteiger partial charge on any atom is -0.309 e. The van der Waals surface area contributed by atoms with Crippen LogP contribution in [-0.4, -0.2) is 4.57 Å². The number of benzene rings is 8. The summed E-state index contributed by atoms with van der Waals surface area (Å²) in [6.45, 7) is 0. The molecule has 0 fully saturated rings. The lowest BCUT2D eigenvalue weighted by atomic mass is 9.96. The van der Waals surface area contributed by atoms with Gasteiger partial charge in [-0.15, -0.1) is 11.3 Å². The monoisotopic (exact) mass is 627 g/mol. The highest BCUT2D eigenvalue weighted by atomic mass is 32.1. The molecular formula is C46H29NS. The average molecular weight is 628 g/mol. The van der Waals surface area contributed by atoms with Crippen molar-refractivity contribution in [1.82, 2.24) is 4.57 Å². The van der Waals surface area contributed by atoms with Crippen LogP contribution >= 0.6 is 11.3 Å². The van der Waals surface area contributed by atoms with Crippen molar-refractivity contribution in [3.05, 3.63) is 176 Å². The Labute approximate surface area is 282 Å². The van der Waals surface area contributed by atoms with Gasteiger partial charge in [0.2, 0.25) is 0 Å². The molecule has 10 rings (SSSR count). The number of fused-ring (bicyclic) bond motifs is 7. The van der Waals surface area contributed by atoms with Crippen LogP contribution in [0.25, 0.3) is 91.8 Å². The fraction of sp³-hybridized carbons (Fsp3) is 0. The molecule has 0 saturated heterocycles. The van der Waals surface area contributed by atoms with Crippen LogP contribution in [0.3, 0.4) is 0 Å². The lowest BCUT2D eigenvalue weighted by Crippen LogP contribution is -1.97. The number of rotatable bonds is 4. The Kier molecular flexibility index (Phi) is 6.12. The molecule has 0 unspecified atom stereocenters. The van der Waals surface area contributed by atoms with Crippen molar-refractivity contribution in [2.45, 2.75) is 0 Å². The molecular weight excluding hydrogens is 599 g/mol. The van der Waals surface area contributed by atoms with Crippen LogP contribution in [0, 0.1) is 0 Å². The highest BCUT2D eigenvalue weighted by Crippen LogP contribution is 2.42. The lowest BCUT2D eigenvalue weighted by Gasteiger charge is -2.15. The van der Waals surface area contributed by atoms with Gasteiger partial charge < -0.3 is 4.57 Å². The van der Waals surface area contributed by atoms with Crippen LogP contribution in [-0.2, 0) is 0 Å². The van der Waals surface area contributed by atoms with E-state index in [2.05, 4.69) is 180 Å². The van der Waals surface area contributed by atoms with E-state index >= 15 is 0 Å². The van der Waals surface area contributed by atoms with Crippen molar-refractivity contribution < 1.29 is 0 Å². The van der Waals surface area contributed by atoms with Crippen molar-refractivity contribution >= 4 is 64.1 Å². The molecule has 0 spiro atoms.